The Kier molecular flexibility index (Phi) is 6.27. The van der Waals surface area contributed by atoms with Gasteiger partial charge in [0.2, 0.25) is 8.32 Å². The average molecular weight is 443 g/mol. The molecule has 0 aliphatic rings. The van der Waals surface area contributed by atoms with Crippen molar-refractivity contribution in [2.75, 3.05) is 0 Å². The Morgan fingerprint density at radius 1 is 0.500 bits per heavy atom. The van der Waals surface area contributed by atoms with Gasteiger partial charge in [-0.3, -0.25) is 0 Å². The van der Waals surface area contributed by atoms with Crippen LogP contribution in [-0.4, -0.2) is 27.4 Å². The summed E-state index contributed by atoms with van der Waals surface area (Å²) in [4.78, 5) is 0. The van der Waals surface area contributed by atoms with Crippen molar-refractivity contribution in [2.45, 2.75) is 6.55 Å². The molecule has 0 spiro atoms. The van der Waals surface area contributed by atoms with Crippen LogP contribution in [0.3, 0.4) is 0 Å². The van der Waals surface area contributed by atoms with Gasteiger partial charge in [0.25, 0.3) is 0 Å². The highest BCUT2D eigenvalue weighted by atomic mass is 28.5. The first-order valence-electron chi connectivity index (χ1n) is 10.2. The predicted octanol–water partition coefficient (Wildman–Crippen LogP) is 1.95. The van der Waals surface area contributed by atoms with Crippen LogP contribution in [0.5, 0.6) is 0 Å². The zero-order valence-electron chi connectivity index (χ0n) is 17.4. The highest BCUT2D eigenvalue weighted by molar-refractivity contribution is 7.07. The van der Waals surface area contributed by atoms with Crippen molar-refractivity contribution >= 4 is 48.1 Å². The van der Waals surface area contributed by atoms with Crippen molar-refractivity contribution in [3.63, 3.8) is 0 Å². The van der Waals surface area contributed by atoms with E-state index in [0.29, 0.717) is 10.5 Å². The third-order valence-corrected chi connectivity index (χ3v) is 15.7. The summed E-state index contributed by atoms with van der Waals surface area (Å²) < 4.78 is 13.9. The molecule has 4 aromatic rings. The molecule has 2 nitrogen and oxygen atoms in total. The van der Waals surface area contributed by atoms with Gasteiger partial charge in [-0.15, -0.1) is 0 Å². The van der Waals surface area contributed by atoms with Gasteiger partial charge >= 0.3 is 8.56 Å². The lowest BCUT2D eigenvalue weighted by atomic mass is 10.4. The number of rotatable bonds is 7. The first-order valence-corrected chi connectivity index (χ1v) is 15.2. The fourth-order valence-electron chi connectivity index (χ4n) is 3.96. The summed E-state index contributed by atoms with van der Waals surface area (Å²) >= 11 is 0. The van der Waals surface area contributed by atoms with E-state index in [4.69, 9.17) is 8.23 Å². The van der Waals surface area contributed by atoms with Gasteiger partial charge in [0.05, 0.1) is 0 Å². The molecule has 0 unspecified atom stereocenters. The second-order valence-corrected chi connectivity index (χ2v) is 15.5. The standard InChI is InChI=1S/C25H26O2Si3/c1-29(22-14-6-2-7-15-22,23-16-8-3-9-17-23)27-30(26-28,24-18-10-4-11-19-24)25-20-12-5-13-21-25/h2-21H,1,28H3. The lowest BCUT2D eigenvalue weighted by molar-refractivity contribution is 0.444. The van der Waals surface area contributed by atoms with Crippen LogP contribution in [-0.2, 0) is 8.23 Å². The van der Waals surface area contributed by atoms with Crippen LogP contribution in [0.4, 0.5) is 0 Å². The van der Waals surface area contributed by atoms with E-state index in [1.54, 1.807) is 0 Å². The summed E-state index contributed by atoms with van der Waals surface area (Å²) in [6.45, 7) is 2.30. The summed E-state index contributed by atoms with van der Waals surface area (Å²) in [7, 11) is -4.87. The van der Waals surface area contributed by atoms with Crippen molar-refractivity contribution in [1.82, 2.24) is 0 Å². The van der Waals surface area contributed by atoms with Crippen LogP contribution in [0.15, 0.2) is 121 Å². The number of hydrogen-bond acceptors (Lipinski definition) is 2. The summed E-state index contributed by atoms with van der Waals surface area (Å²) in [5.74, 6) is 0. The Balaban J connectivity index is 1.94. The van der Waals surface area contributed by atoms with Crippen LogP contribution in [0.1, 0.15) is 0 Å². The van der Waals surface area contributed by atoms with Gasteiger partial charge < -0.3 is 8.23 Å². The monoisotopic (exact) mass is 442 g/mol. The summed E-state index contributed by atoms with van der Waals surface area (Å²) in [6, 6.07) is 42.3. The molecule has 0 amide bonds. The van der Waals surface area contributed by atoms with E-state index < -0.39 is 16.9 Å². The molecule has 0 saturated heterocycles. The molecule has 0 radical (unpaired) electrons. The second-order valence-electron chi connectivity index (χ2n) is 7.42. The Morgan fingerprint density at radius 3 is 1.10 bits per heavy atom. The molecule has 150 valence electrons. The fourth-order valence-corrected chi connectivity index (χ4v) is 14.7. The zero-order valence-corrected chi connectivity index (χ0v) is 21.4. The Bertz CT molecular complexity index is 980. The minimum absolute atomic E-state index is 0.593. The van der Waals surface area contributed by atoms with Gasteiger partial charge in [-0.25, -0.2) is 0 Å². The molecule has 0 N–H and O–H groups in total. The Hall–Kier alpha value is -2.55. The van der Waals surface area contributed by atoms with Crippen molar-refractivity contribution in [3.05, 3.63) is 121 Å². The van der Waals surface area contributed by atoms with Gasteiger partial charge in [0, 0.05) is 0 Å². The fraction of sp³-hybridized carbons (Fsp3) is 0.0400. The summed E-state index contributed by atoms with van der Waals surface area (Å²) in [6.07, 6.45) is 0. The van der Waals surface area contributed by atoms with Crippen LogP contribution >= 0.6 is 0 Å². The minimum Gasteiger partial charge on any atom is -0.439 e. The first kappa shape index (κ1) is 20.7. The van der Waals surface area contributed by atoms with Gasteiger partial charge in [-0.1, -0.05) is 121 Å². The average Bonchev–Trinajstić information content (AvgIpc) is 2.85. The van der Waals surface area contributed by atoms with E-state index >= 15 is 0 Å². The minimum atomic E-state index is -2.90. The smallest absolute Gasteiger partial charge is 0.386 e. The third-order valence-electron chi connectivity index (χ3n) is 5.59. The summed E-state index contributed by atoms with van der Waals surface area (Å²) in [5, 5.41) is 4.80. The molecular weight excluding hydrogens is 417 g/mol. The van der Waals surface area contributed by atoms with E-state index in [9.17, 15) is 0 Å². The maximum atomic E-state index is 7.41. The van der Waals surface area contributed by atoms with Crippen molar-refractivity contribution in [3.8, 4) is 0 Å². The molecule has 0 heterocycles. The first-order chi connectivity index (χ1) is 14.7. The van der Waals surface area contributed by atoms with Gasteiger partial charge in [0.15, 0.2) is 0 Å². The van der Waals surface area contributed by atoms with Crippen LogP contribution in [0.2, 0.25) is 6.55 Å². The van der Waals surface area contributed by atoms with Gasteiger partial charge in [-0.05, 0) is 27.3 Å². The molecule has 30 heavy (non-hydrogen) atoms. The lowest BCUT2D eigenvalue weighted by Crippen LogP contribution is -2.73. The van der Waals surface area contributed by atoms with Crippen molar-refractivity contribution < 1.29 is 8.23 Å². The predicted molar refractivity (Wildman–Crippen MR) is 134 cm³/mol. The highest BCUT2D eigenvalue weighted by Gasteiger charge is 2.49. The van der Waals surface area contributed by atoms with Crippen LogP contribution in [0, 0.1) is 0 Å². The number of hydrogen-bond donors (Lipinski definition) is 0. The van der Waals surface area contributed by atoms with E-state index in [-0.39, 0.29) is 0 Å². The SMILES string of the molecule is C[Si](O[Si](O[SiH3])(c1ccccc1)c1ccccc1)(c1ccccc1)c1ccccc1. The van der Waals surface area contributed by atoms with Gasteiger partial charge in [-0.2, -0.15) is 0 Å². The van der Waals surface area contributed by atoms with E-state index in [0.717, 1.165) is 10.4 Å². The number of benzene rings is 4. The lowest BCUT2D eigenvalue weighted by Gasteiger charge is -2.40. The zero-order chi connectivity index (χ0) is 20.9. The maximum absolute atomic E-state index is 7.41. The third kappa shape index (κ3) is 3.90. The molecule has 0 aromatic heterocycles. The second kappa shape index (κ2) is 9.07. The Morgan fingerprint density at radius 2 is 0.800 bits per heavy atom. The normalized spacial score (nSPS) is 12.0. The molecule has 0 aliphatic carbocycles. The van der Waals surface area contributed by atoms with Gasteiger partial charge in [0.1, 0.15) is 10.5 Å². The largest absolute Gasteiger partial charge is 0.439 e. The highest BCUT2D eigenvalue weighted by Crippen LogP contribution is 2.17. The molecular formula is C25H26O2Si3. The van der Waals surface area contributed by atoms with Crippen LogP contribution < -0.4 is 20.7 Å². The van der Waals surface area contributed by atoms with E-state index in [1.165, 1.54) is 10.4 Å². The molecule has 0 bridgehead atoms. The van der Waals surface area contributed by atoms with Crippen LogP contribution in [0.25, 0.3) is 0 Å². The molecule has 0 aliphatic heterocycles. The topological polar surface area (TPSA) is 18.5 Å². The molecule has 4 rings (SSSR count). The molecule has 0 saturated carbocycles. The Labute approximate surface area is 184 Å². The maximum Gasteiger partial charge on any atom is 0.386 e. The van der Waals surface area contributed by atoms with Crippen molar-refractivity contribution in [2.24, 2.45) is 0 Å². The quantitative estimate of drug-likeness (QED) is 0.407. The molecule has 0 atom stereocenters. The van der Waals surface area contributed by atoms with Crippen molar-refractivity contribution in [1.29, 1.82) is 0 Å². The van der Waals surface area contributed by atoms with E-state index in [2.05, 4.69) is 116 Å². The molecule has 0 fully saturated rings. The molecule has 4 aromatic carbocycles. The molecule has 5 heteroatoms. The summed E-state index contributed by atoms with van der Waals surface area (Å²) in [5.41, 5.74) is 0. The van der Waals surface area contributed by atoms with E-state index in [1.807, 2.05) is 12.1 Å².